The molecule has 1 fully saturated rings. The number of halogens is 1. The number of rotatable bonds is 5. The minimum absolute atomic E-state index is 0.00630. The third-order valence-corrected chi connectivity index (χ3v) is 5.82. The van der Waals surface area contributed by atoms with Gasteiger partial charge in [0.2, 0.25) is 0 Å². The van der Waals surface area contributed by atoms with Crippen LogP contribution in [-0.2, 0) is 0 Å². The monoisotopic (exact) mass is 421 g/mol. The summed E-state index contributed by atoms with van der Waals surface area (Å²) in [6.07, 6.45) is 5.36. The minimum atomic E-state index is -0.995. The van der Waals surface area contributed by atoms with E-state index in [4.69, 9.17) is 0 Å². The number of amides is 1. The van der Waals surface area contributed by atoms with Crippen LogP contribution in [0.1, 0.15) is 58.0 Å². The predicted molar refractivity (Wildman–Crippen MR) is 115 cm³/mol. The minimum Gasteiger partial charge on any atom is -0.478 e. The van der Waals surface area contributed by atoms with Crippen molar-refractivity contribution in [2.45, 2.75) is 31.6 Å². The van der Waals surface area contributed by atoms with Crippen molar-refractivity contribution in [2.75, 3.05) is 14.1 Å². The van der Waals surface area contributed by atoms with Crippen LogP contribution in [0, 0.1) is 5.82 Å². The summed E-state index contributed by atoms with van der Waals surface area (Å²) in [5.74, 6) is -1.85. The molecule has 1 aromatic heterocycles. The molecule has 7 heteroatoms. The van der Waals surface area contributed by atoms with E-state index in [9.17, 15) is 14.7 Å². The first-order valence-electron chi connectivity index (χ1n) is 10.3. The molecule has 0 unspecified atom stereocenters. The molecule has 2 aromatic carbocycles. The molecule has 0 atom stereocenters. The van der Waals surface area contributed by atoms with Crippen LogP contribution >= 0.6 is 0 Å². The van der Waals surface area contributed by atoms with Crippen LogP contribution in [0.5, 0.6) is 0 Å². The van der Waals surface area contributed by atoms with Crippen LogP contribution in [0.4, 0.5) is 4.39 Å². The van der Waals surface area contributed by atoms with E-state index in [2.05, 4.69) is 5.10 Å². The number of carbonyl (C=O) groups excluding carboxylic acids is 1. The number of hydrogen-bond donors (Lipinski definition) is 1. The van der Waals surface area contributed by atoms with E-state index in [1.165, 1.54) is 17.2 Å². The van der Waals surface area contributed by atoms with Gasteiger partial charge in [-0.2, -0.15) is 5.10 Å². The smallest absolute Gasteiger partial charge is 0.339 e. The van der Waals surface area contributed by atoms with Gasteiger partial charge in [-0.25, -0.2) is 13.9 Å². The average molecular weight is 421 g/mol. The number of hydrogen-bond acceptors (Lipinski definition) is 3. The van der Waals surface area contributed by atoms with E-state index in [0.717, 1.165) is 25.7 Å². The molecule has 160 valence electrons. The molecule has 0 aliphatic heterocycles. The maximum Gasteiger partial charge on any atom is 0.339 e. The Morgan fingerprint density at radius 3 is 2.48 bits per heavy atom. The first-order chi connectivity index (χ1) is 14.9. The van der Waals surface area contributed by atoms with Crippen molar-refractivity contribution < 1.29 is 19.1 Å². The fourth-order valence-electron chi connectivity index (χ4n) is 4.29. The highest BCUT2D eigenvalue weighted by atomic mass is 19.1. The molecule has 0 radical (unpaired) electrons. The normalized spacial score (nSPS) is 14.0. The molecule has 0 spiro atoms. The summed E-state index contributed by atoms with van der Waals surface area (Å²) in [6.45, 7) is 0. The number of nitrogens with zero attached hydrogens (tertiary/aromatic N) is 3. The molecule has 3 aromatic rings. The van der Waals surface area contributed by atoms with E-state index in [0.29, 0.717) is 22.5 Å². The highest BCUT2D eigenvalue weighted by Crippen LogP contribution is 2.37. The number of benzene rings is 2. The Morgan fingerprint density at radius 1 is 1.10 bits per heavy atom. The molecule has 1 aliphatic rings. The molecule has 31 heavy (non-hydrogen) atoms. The first-order valence-corrected chi connectivity index (χ1v) is 10.3. The van der Waals surface area contributed by atoms with Gasteiger partial charge in [-0.15, -0.1) is 0 Å². The summed E-state index contributed by atoms with van der Waals surface area (Å²) in [5, 5.41) is 14.0. The zero-order valence-corrected chi connectivity index (χ0v) is 17.5. The molecule has 1 aliphatic carbocycles. The Balaban J connectivity index is 1.80. The summed E-state index contributed by atoms with van der Waals surface area (Å²) in [7, 11) is 3.16. The van der Waals surface area contributed by atoms with Gasteiger partial charge in [-0.3, -0.25) is 4.79 Å². The maximum absolute atomic E-state index is 15.2. The Morgan fingerprint density at radius 2 is 1.81 bits per heavy atom. The summed E-state index contributed by atoms with van der Waals surface area (Å²) in [6, 6.07) is 11.9. The van der Waals surface area contributed by atoms with Crippen LogP contribution in [0.2, 0.25) is 0 Å². The van der Waals surface area contributed by atoms with Gasteiger partial charge in [0.25, 0.3) is 5.91 Å². The molecule has 0 saturated heterocycles. The molecule has 1 heterocycles. The van der Waals surface area contributed by atoms with E-state index < -0.39 is 17.7 Å². The second-order valence-electron chi connectivity index (χ2n) is 8.06. The molecule has 1 N–H and O–H groups in total. The molecule has 6 nitrogen and oxygen atoms in total. The van der Waals surface area contributed by atoms with Crippen molar-refractivity contribution in [3.63, 3.8) is 0 Å². The van der Waals surface area contributed by atoms with Gasteiger partial charge < -0.3 is 10.0 Å². The third-order valence-electron chi connectivity index (χ3n) is 5.82. The molecule has 4 rings (SSSR count). The molecule has 1 amide bonds. The van der Waals surface area contributed by atoms with Crippen molar-refractivity contribution in [2.24, 2.45) is 0 Å². The Hall–Kier alpha value is -3.48. The standard InChI is InChI=1S/C24H24FN3O3/c1-27(2)23(29)19-12-6-11-18(21(19)25)16-9-5-10-17(13-16)28-22(15-7-3-4-8-15)20(14-26-28)24(30)31/h5-6,9-15H,3-4,7-8H2,1-2H3,(H,30,31). The summed E-state index contributed by atoms with van der Waals surface area (Å²) in [5.41, 5.74) is 2.47. The van der Waals surface area contributed by atoms with E-state index >= 15 is 4.39 Å². The third kappa shape index (κ3) is 3.83. The van der Waals surface area contributed by atoms with Gasteiger partial charge in [-0.05, 0) is 36.6 Å². The maximum atomic E-state index is 15.2. The Bertz CT molecular complexity index is 1150. The largest absolute Gasteiger partial charge is 0.478 e. The fourth-order valence-corrected chi connectivity index (χ4v) is 4.29. The fraction of sp³-hybridized carbons (Fsp3) is 0.292. The van der Waals surface area contributed by atoms with E-state index in [-0.39, 0.29) is 17.0 Å². The number of aromatic carboxylic acids is 1. The van der Waals surface area contributed by atoms with Gasteiger partial charge in [0, 0.05) is 25.6 Å². The van der Waals surface area contributed by atoms with Gasteiger partial charge in [0.15, 0.2) is 0 Å². The van der Waals surface area contributed by atoms with Crippen LogP contribution in [0.25, 0.3) is 16.8 Å². The van der Waals surface area contributed by atoms with Crippen molar-refractivity contribution in [1.29, 1.82) is 0 Å². The SMILES string of the molecule is CN(C)C(=O)c1cccc(-c2cccc(-n3ncc(C(=O)O)c3C3CCCC3)c2)c1F. The number of carbonyl (C=O) groups is 2. The summed E-state index contributed by atoms with van der Waals surface area (Å²) in [4.78, 5) is 25.4. The van der Waals surface area contributed by atoms with Gasteiger partial charge in [0.1, 0.15) is 11.4 Å². The lowest BCUT2D eigenvalue weighted by Crippen LogP contribution is -2.22. The molecule has 1 saturated carbocycles. The van der Waals surface area contributed by atoms with Gasteiger partial charge >= 0.3 is 5.97 Å². The van der Waals surface area contributed by atoms with Crippen LogP contribution in [-0.4, -0.2) is 45.8 Å². The van der Waals surface area contributed by atoms with Gasteiger partial charge in [0.05, 0.1) is 23.1 Å². The molecular formula is C24H24FN3O3. The van der Waals surface area contributed by atoms with E-state index in [1.807, 2.05) is 6.07 Å². The summed E-state index contributed by atoms with van der Waals surface area (Å²) >= 11 is 0. The highest BCUT2D eigenvalue weighted by molar-refractivity contribution is 5.95. The van der Waals surface area contributed by atoms with Crippen molar-refractivity contribution >= 4 is 11.9 Å². The van der Waals surface area contributed by atoms with E-state index in [1.54, 1.807) is 49.1 Å². The predicted octanol–water partition coefficient (Wildman–Crippen LogP) is 4.74. The average Bonchev–Trinajstić information content (AvgIpc) is 3.43. The Labute approximate surface area is 179 Å². The first kappa shape index (κ1) is 20.8. The van der Waals surface area contributed by atoms with Crippen molar-refractivity contribution in [1.82, 2.24) is 14.7 Å². The number of carboxylic acid groups (broad SMARTS) is 1. The highest BCUT2D eigenvalue weighted by Gasteiger charge is 2.28. The lowest BCUT2D eigenvalue weighted by molar-refractivity contribution is 0.0694. The van der Waals surface area contributed by atoms with Crippen LogP contribution in [0.15, 0.2) is 48.7 Å². The van der Waals surface area contributed by atoms with Crippen LogP contribution in [0.3, 0.4) is 0 Å². The van der Waals surface area contributed by atoms with Crippen molar-refractivity contribution in [3.8, 4) is 16.8 Å². The van der Waals surface area contributed by atoms with Crippen molar-refractivity contribution in [3.05, 3.63) is 71.3 Å². The number of aromatic nitrogens is 2. The zero-order valence-electron chi connectivity index (χ0n) is 17.5. The molecular weight excluding hydrogens is 397 g/mol. The zero-order chi connectivity index (χ0) is 22.1. The second kappa shape index (κ2) is 8.34. The quantitative estimate of drug-likeness (QED) is 0.646. The van der Waals surface area contributed by atoms with Gasteiger partial charge in [-0.1, -0.05) is 37.1 Å². The molecule has 0 bridgehead atoms. The number of carboxylic acids is 1. The second-order valence-corrected chi connectivity index (χ2v) is 8.06. The Kier molecular flexibility index (Phi) is 5.59. The lowest BCUT2D eigenvalue weighted by Gasteiger charge is -2.16. The summed E-state index contributed by atoms with van der Waals surface area (Å²) < 4.78 is 16.9. The van der Waals surface area contributed by atoms with Crippen LogP contribution < -0.4 is 0 Å². The topological polar surface area (TPSA) is 75.4 Å². The lowest BCUT2D eigenvalue weighted by atomic mass is 9.99.